The molecule has 3 heterocycles. The molecule has 0 aliphatic carbocycles. The molecule has 0 aromatic carbocycles. The Kier molecular flexibility index (Phi) is 6.61. The molecule has 12 heteroatoms. The number of hydrogen-bond acceptors (Lipinski definition) is 7. The first kappa shape index (κ1) is 23.0. The predicted octanol–water partition coefficient (Wildman–Crippen LogP) is 2.92. The van der Waals surface area contributed by atoms with E-state index in [9.17, 15) is 22.8 Å². The minimum atomic E-state index is -4.51. The van der Waals surface area contributed by atoms with Gasteiger partial charge in [0.1, 0.15) is 24.1 Å². The molecule has 1 amide bonds. The number of aromatic amines is 1. The maximum absolute atomic E-state index is 12.5. The average molecular weight is 450 g/mol. The molecule has 0 saturated carbocycles. The summed E-state index contributed by atoms with van der Waals surface area (Å²) in [5.74, 6) is -1.47. The van der Waals surface area contributed by atoms with E-state index in [1.165, 1.54) is 25.7 Å². The number of ether oxygens (including phenoxy) is 1. The number of hydrogen-bond donors (Lipinski definition) is 3. The zero-order chi connectivity index (χ0) is 23.5. The maximum atomic E-state index is 12.5. The van der Waals surface area contributed by atoms with Crippen LogP contribution in [0.15, 0.2) is 30.9 Å². The molecule has 0 saturated heterocycles. The second-order valence-electron chi connectivity index (χ2n) is 7.30. The van der Waals surface area contributed by atoms with Crippen LogP contribution in [0.5, 0.6) is 0 Å². The highest BCUT2D eigenvalue weighted by Gasteiger charge is 2.30. The molecular weight excluding hydrogens is 429 g/mol. The highest BCUT2D eigenvalue weighted by Crippen LogP contribution is 2.27. The van der Waals surface area contributed by atoms with Crippen molar-refractivity contribution in [3.63, 3.8) is 0 Å². The van der Waals surface area contributed by atoms with Crippen molar-refractivity contribution in [1.29, 1.82) is 0 Å². The number of carbonyl (C=O) groups is 2. The predicted molar refractivity (Wildman–Crippen MR) is 110 cm³/mol. The normalized spacial score (nSPS) is 12.6. The first-order chi connectivity index (χ1) is 15.1. The van der Waals surface area contributed by atoms with E-state index in [0.29, 0.717) is 22.3 Å². The number of pyridine rings is 1. The van der Waals surface area contributed by atoms with Crippen LogP contribution in [-0.2, 0) is 9.53 Å². The number of alkyl halides is 3. The monoisotopic (exact) mass is 450 g/mol. The number of nitrogens with one attached hydrogen (secondary N) is 3. The molecule has 32 heavy (non-hydrogen) atoms. The lowest BCUT2D eigenvalue weighted by molar-refractivity contribution is -0.139. The fourth-order valence-corrected chi connectivity index (χ4v) is 3.00. The molecule has 3 N–H and O–H groups in total. The Morgan fingerprint density at radius 3 is 2.62 bits per heavy atom. The number of rotatable bonds is 7. The Morgan fingerprint density at radius 1 is 1.22 bits per heavy atom. The zero-order valence-corrected chi connectivity index (χ0v) is 17.4. The third-order valence-electron chi connectivity index (χ3n) is 4.58. The van der Waals surface area contributed by atoms with E-state index in [2.05, 4.69) is 25.3 Å². The Balaban J connectivity index is 1.87. The first-order valence-corrected chi connectivity index (χ1v) is 9.58. The highest BCUT2D eigenvalue weighted by molar-refractivity contribution is 5.98. The van der Waals surface area contributed by atoms with E-state index in [1.807, 2.05) is 5.32 Å². The van der Waals surface area contributed by atoms with Crippen LogP contribution in [-0.4, -0.2) is 57.7 Å². The van der Waals surface area contributed by atoms with Gasteiger partial charge in [0.2, 0.25) is 5.91 Å². The van der Waals surface area contributed by atoms with Gasteiger partial charge in [-0.1, -0.05) is 13.8 Å². The fraction of sp³-hybridized carbons (Fsp3) is 0.350. The lowest BCUT2D eigenvalue weighted by atomic mass is 10.0. The summed E-state index contributed by atoms with van der Waals surface area (Å²) >= 11 is 0. The second kappa shape index (κ2) is 9.20. The van der Waals surface area contributed by atoms with Gasteiger partial charge in [0, 0.05) is 23.3 Å². The molecule has 0 aliphatic rings. The molecule has 3 aromatic rings. The lowest BCUT2D eigenvalue weighted by Gasteiger charge is -2.22. The number of aromatic nitrogens is 4. The zero-order valence-electron chi connectivity index (χ0n) is 17.4. The van der Waals surface area contributed by atoms with E-state index in [0.717, 1.165) is 0 Å². The van der Waals surface area contributed by atoms with Crippen LogP contribution < -0.4 is 10.6 Å². The van der Waals surface area contributed by atoms with Crippen LogP contribution in [0.4, 0.5) is 19.0 Å². The van der Waals surface area contributed by atoms with Gasteiger partial charge in [-0.15, -0.1) is 0 Å². The largest absolute Gasteiger partial charge is 0.465 e. The van der Waals surface area contributed by atoms with E-state index < -0.39 is 30.6 Å². The van der Waals surface area contributed by atoms with Crippen molar-refractivity contribution in [2.75, 3.05) is 19.0 Å². The van der Waals surface area contributed by atoms with Gasteiger partial charge < -0.3 is 20.4 Å². The Morgan fingerprint density at radius 2 is 1.97 bits per heavy atom. The SMILES string of the molecule is COC(=O)c1cnc2[nH]cc(-c3cncc(N[C@@H](C(=O)NCC(F)(F)F)C(C)C)n3)c2c1. The van der Waals surface area contributed by atoms with E-state index in [1.54, 1.807) is 26.1 Å². The molecule has 0 unspecified atom stereocenters. The number of fused-ring (bicyclic) bond motifs is 1. The van der Waals surface area contributed by atoms with Crippen molar-refractivity contribution in [1.82, 2.24) is 25.3 Å². The second-order valence-corrected chi connectivity index (χ2v) is 7.30. The number of anilines is 1. The van der Waals surface area contributed by atoms with Gasteiger partial charge in [-0.05, 0) is 12.0 Å². The highest BCUT2D eigenvalue weighted by atomic mass is 19.4. The van der Waals surface area contributed by atoms with Gasteiger partial charge in [-0.3, -0.25) is 9.78 Å². The summed E-state index contributed by atoms with van der Waals surface area (Å²) in [5, 5.41) is 5.33. The molecule has 0 bridgehead atoms. The molecule has 0 fully saturated rings. The van der Waals surface area contributed by atoms with E-state index >= 15 is 0 Å². The Hall–Kier alpha value is -3.70. The number of methoxy groups -OCH3 is 1. The number of nitrogens with zero attached hydrogens (tertiary/aromatic N) is 3. The minimum Gasteiger partial charge on any atom is -0.465 e. The molecule has 170 valence electrons. The summed E-state index contributed by atoms with van der Waals surface area (Å²) in [4.78, 5) is 39.8. The Bertz CT molecular complexity index is 1130. The molecule has 3 rings (SSSR count). The van der Waals surface area contributed by atoms with Crippen molar-refractivity contribution in [3.8, 4) is 11.3 Å². The summed E-state index contributed by atoms with van der Waals surface area (Å²) in [6.07, 6.45) is 1.35. The summed E-state index contributed by atoms with van der Waals surface area (Å²) in [7, 11) is 1.27. The van der Waals surface area contributed by atoms with Gasteiger partial charge in [0.05, 0.1) is 30.8 Å². The smallest absolute Gasteiger partial charge is 0.405 e. The van der Waals surface area contributed by atoms with Crippen LogP contribution in [0.1, 0.15) is 24.2 Å². The topological polar surface area (TPSA) is 122 Å². The van der Waals surface area contributed by atoms with Crippen LogP contribution in [0, 0.1) is 5.92 Å². The van der Waals surface area contributed by atoms with Crippen molar-refractivity contribution < 1.29 is 27.5 Å². The van der Waals surface area contributed by atoms with Crippen molar-refractivity contribution >= 4 is 28.7 Å². The molecule has 1 atom stereocenters. The molecule has 0 radical (unpaired) electrons. The Labute approximate surface area is 180 Å². The van der Waals surface area contributed by atoms with Crippen LogP contribution >= 0.6 is 0 Å². The number of halogens is 3. The van der Waals surface area contributed by atoms with Gasteiger partial charge in [0.25, 0.3) is 0 Å². The van der Waals surface area contributed by atoms with Crippen molar-refractivity contribution in [3.05, 3.63) is 36.4 Å². The summed E-state index contributed by atoms with van der Waals surface area (Å²) in [6, 6.07) is 0.640. The van der Waals surface area contributed by atoms with E-state index in [-0.39, 0.29) is 17.3 Å². The van der Waals surface area contributed by atoms with Gasteiger partial charge in [-0.25, -0.2) is 14.8 Å². The van der Waals surface area contributed by atoms with Crippen molar-refractivity contribution in [2.45, 2.75) is 26.1 Å². The van der Waals surface area contributed by atoms with Crippen LogP contribution in [0.2, 0.25) is 0 Å². The average Bonchev–Trinajstić information content (AvgIpc) is 3.18. The number of carbonyl (C=O) groups excluding carboxylic acids is 2. The maximum Gasteiger partial charge on any atom is 0.405 e. The minimum absolute atomic E-state index is 0.204. The van der Waals surface area contributed by atoms with Gasteiger partial charge in [-0.2, -0.15) is 13.2 Å². The molecule has 3 aromatic heterocycles. The molecule has 0 spiro atoms. The number of esters is 1. The first-order valence-electron chi connectivity index (χ1n) is 9.58. The number of amides is 1. The van der Waals surface area contributed by atoms with Crippen LogP contribution in [0.25, 0.3) is 22.3 Å². The lowest BCUT2D eigenvalue weighted by Crippen LogP contribution is -2.46. The fourth-order valence-electron chi connectivity index (χ4n) is 3.00. The van der Waals surface area contributed by atoms with Crippen LogP contribution in [0.3, 0.4) is 0 Å². The summed E-state index contributed by atoms with van der Waals surface area (Å²) in [5.41, 5.74) is 1.77. The summed E-state index contributed by atoms with van der Waals surface area (Å²) in [6.45, 7) is 1.97. The molecule has 0 aliphatic heterocycles. The third kappa shape index (κ3) is 5.31. The van der Waals surface area contributed by atoms with E-state index in [4.69, 9.17) is 4.74 Å². The third-order valence-corrected chi connectivity index (χ3v) is 4.58. The quantitative estimate of drug-likeness (QED) is 0.473. The molecule has 9 nitrogen and oxygen atoms in total. The number of H-pyrrole nitrogens is 1. The standard InChI is InChI=1S/C20H21F3N6O3/c1-10(2)16(18(30)27-9-20(21,22)23)29-15-8-24-7-14(28-15)13-6-26-17-12(13)4-11(5-25-17)19(31)32-3/h4-8,10,16H,9H2,1-3H3,(H,25,26)(H,27,30)(H,28,29)/t16-/m1/s1. The summed E-state index contributed by atoms with van der Waals surface area (Å²) < 4.78 is 42.1. The van der Waals surface area contributed by atoms with Crippen molar-refractivity contribution in [2.24, 2.45) is 5.92 Å². The molecular formula is C20H21F3N6O3. The van der Waals surface area contributed by atoms with Gasteiger partial charge >= 0.3 is 12.1 Å². The van der Waals surface area contributed by atoms with Gasteiger partial charge in [0.15, 0.2) is 0 Å².